The zero-order chi connectivity index (χ0) is 12.1. The Kier molecular flexibility index (Phi) is 4.42. The summed E-state index contributed by atoms with van der Waals surface area (Å²) in [6.07, 6.45) is 10.2. The van der Waals surface area contributed by atoms with E-state index in [2.05, 4.69) is 28.0 Å². The van der Waals surface area contributed by atoms with Crippen molar-refractivity contribution in [2.75, 3.05) is 12.4 Å². The summed E-state index contributed by atoms with van der Waals surface area (Å²) in [6, 6.07) is 0.419. The molecule has 17 heavy (non-hydrogen) atoms. The molecule has 0 aromatic carbocycles. The Balaban J connectivity index is 1.95. The van der Waals surface area contributed by atoms with Crippen LogP contribution < -0.4 is 5.32 Å². The summed E-state index contributed by atoms with van der Waals surface area (Å²) in [5.41, 5.74) is 0. The number of nitrogens with one attached hydrogen (secondary N) is 1. The number of nitrogens with zero attached hydrogens (tertiary/aromatic N) is 2. The van der Waals surface area contributed by atoms with Crippen molar-refractivity contribution in [1.82, 2.24) is 9.55 Å². The number of methoxy groups -OCH3 is 1. The molecular weight excluding hydrogens is 214 g/mol. The van der Waals surface area contributed by atoms with Crippen molar-refractivity contribution in [1.29, 1.82) is 0 Å². The summed E-state index contributed by atoms with van der Waals surface area (Å²) in [7, 11) is 1.80. The van der Waals surface area contributed by atoms with Crippen LogP contribution in [0.5, 0.6) is 0 Å². The molecule has 1 heterocycles. The van der Waals surface area contributed by atoms with Crippen LogP contribution in [-0.4, -0.2) is 28.8 Å². The lowest BCUT2D eigenvalue weighted by molar-refractivity contribution is 0.101. The van der Waals surface area contributed by atoms with Crippen LogP contribution in [0, 0.1) is 0 Å². The van der Waals surface area contributed by atoms with Gasteiger partial charge >= 0.3 is 0 Å². The number of imidazole rings is 1. The first kappa shape index (κ1) is 12.4. The first-order chi connectivity index (χ1) is 8.35. The van der Waals surface area contributed by atoms with Crippen LogP contribution in [0.4, 0.5) is 5.95 Å². The molecule has 1 aromatic heterocycles. The van der Waals surface area contributed by atoms with E-state index in [1.807, 2.05) is 6.20 Å². The number of anilines is 1. The molecule has 0 bridgehead atoms. The summed E-state index contributed by atoms with van der Waals surface area (Å²) in [5, 5.41) is 3.53. The average molecular weight is 237 g/mol. The summed E-state index contributed by atoms with van der Waals surface area (Å²) in [4.78, 5) is 4.40. The molecule has 1 saturated carbocycles. The maximum Gasteiger partial charge on any atom is 0.203 e. The standard InChI is InChI=1S/C13H23N3O/c1-3-4-9-16-10-8-14-13(16)15-11-6-5-7-12(11)17-2/h8,10-12H,3-7,9H2,1-2H3,(H,14,15). The minimum Gasteiger partial charge on any atom is -0.379 e. The quantitative estimate of drug-likeness (QED) is 0.826. The van der Waals surface area contributed by atoms with Gasteiger partial charge in [0.25, 0.3) is 0 Å². The van der Waals surface area contributed by atoms with E-state index in [1.165, 1.54) is 25.7 Å². The fourth-order valence-electron chi connectivity index (χ4n) is 2.50. The predicted octanol–water partition coefficient (Wildman–Crippen LogP) is 2.66. The van der Waals surface area contributed by atoms with Gasteiger partial charge in [-0.1, -0.05) is 13.3 Å². The molecule has 0 aliphatic heterocycles. The van der Waals surface area contributed by atoms with Crippen LogP contribution in [0.2, 0.25) is 0 Å². The highest BCUT2D eigenvalue weighted by Crippen LogP contribution is 2.24. The largest absolute Gasteiger partial charge is 0.379 e. The maximum absolute atomic E-state index is 5.49. The van der Waals surface area contributed by atoms with Crippen molar-refractivity contribution in [3.05, 3.63) is 12.4 Å². The van der Waals surface area contributed by atoms with E-state index in [4.69, 9.17) is 4.74 Å². The molecule has 96 valence electrons. The van der Waals surface area contributed by atoms with E-state index in [0.717, 1.165) is 18.9 Å². The summed E-state index contributed by atoms with van der Waals surface area (Å²) >= 11 is 0. The Morgan fingerprint density at radius 1 is 1.53 bits per heavy atom. The van der Waals surface area contributed by atoms with Crippen LogP contribution in [-0.2, 0) is 11.3 Å². The minimum atomic E-state index is 0.339. The van der Waals surface area contributed by atoms with Crippen molar-refractivity contribution in [3.63, 3.8) is 0 Å². The Hall–Kier alpha value is -1.03. The first-order valence-electron chi connectivity index (χ1n) is 6.65. The monoisotopic (exact) mass is 237 g/mol. The van der Waals surface area contributed by atoms with E-state index in [-0.39, 0.29) is 0 Å². The van der Waals surface area contributed by atoms with Gasteiger partial charge in [0.05, 0.1) is 12.1 Å². The second kappa shape index (κ2) is 6.05. The van der Waals surface area contributed by atoms with Gasteiger partial charge in [-0.05, 0) is 25.7 Å². The smallest absolute Gasteiger partial charge is 0.203 e. The highest BCUT2D eigenvalue weighted by molar-refractivity contribution is 5.28. The van der Waals surface area contributed by atoms with Gasteiger partial charge in [0.2, 0.25) is 5.95 Å². The lowest BCUT2D eigenvalue weighted by Crippen LogP contribution is -2.31. The van der Waals surface area contributed by atoms with E-state index >= 15 is 0 Å². The number of aryl methyl sites for hydroxylation is 1. The fraction of sp³-hybridized carbons (Fsp3) is 0.769. The summed E-state index contributed by atoms with van der Waals surface area (Å²) in [5.74, 6) is 0.993. The van der Waals surface area contributed by atoms with Crippen LogP contribution in [0.1, 0.15) is 39.0 Å². The third kappa shape index (κ3) is 3.00. The molecular formula is C13H23N3O. The lowest BCUT2D eigenvalue weighted by atomic mass is 10.2. The molecule has 1 N–H and O–H groups in total. The van der Waals surface area contributed by atoms with Gasteiger partial charge in [0.1, 0.15) is 0 Å². The molecule has 0 saturated heterocycles. The number of unbranched alkanes of at least 4 members (excludes halogenated alkanes) is 1. The minimum absolute atomic E-state index is 0.339. The van der Waals surface area contributed by atoms with Crippen LogP contribution >= 0.6 is 0 Å². The zero-order valence-electron chi connectivity index (χ0n) is 10.9. The van der Waals surface area contributed by atoms with Gasteiger partial charge < -0.3 is 14.6 Å². The molecule has 0 radical (unpaired) electrons. The van der Waals surface area contributed by atoms with Crippen LogP contribution in [0.15, 0.2) is 12.4 Å². The second-order valence-corrected chi connectivity index (χ2v) is 4.75. The molecule has 1 aliphatic rings. The maximum atomic E-state index is 5.49. The van der Waals surface area contributed by atoms with E-state index in [1.54, 1.807) is 7.11 Å². The van der Waals surface area contributed by atoms with Gasteiger partial charge in [-0.3, -0.25) is 0 Å². The van der Waals surface area contributed by atoms with Crippen molar-refractivity contribution >= 4 is 5.95 Å². The normalized spacial score (nSPS) is 24.1. The molecule has 1 aliphatic carbocycles. The van der Waals surface area contributed by atoms with Gasteiger partial charge in [-0.25, -0.2) is 4.98 Å². The van der Waals surface area contributed by atoms with Crippen molar-refractivity contribution in [3.8, 4) is 0 Å². The van der Waals surface area contributed by atoms with Crippen LogP contribution in [0.3, 0.4) is 0 Å². The topological polar surface area (TPSA) is 39.1 Å². The highest BCUT2D eigenvalue weighted by atomic mass is 16.5. The van der Waals surface area contributed by atoms with Crippen molar-refractivity contribution < 1.29 is 4.74 Å². The van der Waals surface area contributed by atoms with E-state index < -0.39 is 0 Å². The predicted molar refractivity (Wildman–Crippen MR) is 69.2 cm³/mol. The molecule has 1 aromatic rings. The Labute approximate surface area is 103 Å². The molecule has 4 heteroatoms. The fourth-order valence-corrected chi connectivity index (χ4v) is 2.50. The number of ether oxygens (including phenoxy) is 1. The summed E-state index contributed by atoms with van der Waals surface area (Å²) < 4.78 is 7.70. The van der Waals surface area contributed by atoms with Gasteiger partial charge in [-0.2, -0.15) is 0 Å². The van der Waals surface area contributed by atoms with E-state index in [9.17, 15) is 0 Å². The Morgan fingerprint density at radius 2 is 2.41 bits per heavy atom. The molecule has 0 amide bonds. The number of hydrogen-bond donors (Lipinski definition) is 1. The number of hydrogen-bond acceptors (Lipinski definition) is 3. The average Bonchev–Trinajstić information content (AvgIpc) is 2.96. The summed E-state index contributed by atoms with van der Waals surface area (Å²) in [6.45, 7) is 3.26. The van der Waals surface area contributed by atoms with Gasteiger partial charge in [-0.15, -0.1) is 0 Å². The Bertz CT molecular complexity index is 337. The molecule has 2 unspecified atom stereocenters. The molecule has 1 fully saturated rings. The highest BCUT2D eigenvalue weighted by Gasteiger charge is 2.27. The van der Waals surface area contributed by atoms with Crippen LogP contribution in [0.25, 0.3) is 0 Å². The Morgan fingerprint density at radius 3 is 3.18 bits per heavy atom. The zero-order valence-corrected chi connectivity index (χ0v) is 10.9. The van der Waals surface area contributed by atoms with Crippen molar-refractivity contribution in [2.45, 2.75) is 57.7 Å². The second-order valence-electron chi connectivity index (χ2n) is 4.75. The molecule has 4 nitrogen and oxygen atoms in total. The van der Waals surface area contributed by atoms with E-state index in [0.29, 0.717) is 12.1 Å². The molecule has 2 atom stereocenters. The lowest BCUT2D eigenvalue weighted by Gasteiger charge is -2.20. The SMILES string of the molecule is CCCCn1ccnc1NC1CCCC1OC. The first-order valence-corrected chi connectivity index (χ1v) is 6.65. The van der Waals surface area contributed by atoms with Crippen molar-refractivity contribution in [2.24, 2.45) is 0 Å². The molecule has 2 rings (SSSR count). The third-order valence-corrected chi connectivity index (χ3v) is 3.54. The van der Waals surface area contributed by atoms with Gasteiger partial charge in [0, 0.05) is 26.0 Å². The number of aromatic nitrogens is 2. The molecule has 0 spiro atoms. The number of rotatable bonds is 6. The third-order valence-electron chi connectivity index (χ3n) is 3.54. The van der Waals surface area contributed by atoms with Gasteiger partial charge in [0.15, 0.2) is 0 Å².